The molecule has 2 nitrogen and oxygen atoms in total. The molecule has 4 aromatic carbocycles. The van der Waals surface area contributed by atoms with Crippen LogP contribution in [0.2, 0.25) is 0 Å². The molecule has 0 radical (unpaired) electrons. The van der Waals surface area contributed by atoms with E-state index in [2.05, 4.69) is 64.1 Å². The Kier molecular flexibility index (Phi) is 18.8. The zero-order chi connectivity index (χ0) is 33.7. The van der Waals surface area contributed by atoms with Crippen LogP contribution in [0.3, 0.4) is 0 Å². The molecule has 0 atom stereocenters. The van der Waals surface area contributed by atoms with E-state index in [-0.39, 0.29) is 26.2 Å². The Hall–Kier alpha value is -3.08. The number of hydrogen-bond donors (Lipinski definition) is 0. The Bertz CT molecular complexity index is 1180. The van der Waals surface area contributed by atoms with Gasteiger partial charge in [-0.25, -0.2) is 56.0 Å². The maximum atomic E-state index is 12.1. The zero-order valence-corrected chi connectivity index (χ0v) is 27.3. The summed E-state index contributed by atoms with van der Waals surface area (Å²) in [6.45, 7) is 8.76. The van der Waals surface area contributed by atoms with E-state index in [4.69, 9.17) is 0 Å². The first-order valence-corrected chi connectivity index (χ1v) is 13.4. The van der Waals surface area contributed by atoms with Crippen molar-refractivity contribution in [1.29, 1.82) is 0 Å². The molecule has 4 aromatic rings. The van der Waals surface area contributed by atoms with Crippen molar-refractivity contribution >= 4 is 0 Å². The molecule has 0 aliphatic rings. The van der Waals surface area contributed by atoms with Gasteiger partial charge in [-0.3, -0.25) is 0 Å². The molecular formula is C32H30F10O2Zr. The van der Waals surface area contributed by atoms with E-state index in [1.807, 2.05) is 0 Å². The second-order valence-electron chi connectivity index (χ2n) is 9.60. The number of aryl methyl sites for hydroxylation is 4. The topological polar surface area (TPSA) is 46.1 Å². The predicted octanol–water partition coefficient (Wildman–Crippen LogP) is 9.02. The number of rotatable bonds is 6. The van der Waals surface area contributed by atoms with E-state index in [1.54, 1.807) is 0 Å². The fourth-order valence-corrected chi connectivity index (χ4v) is 3.50. The molecule has 45 heavy (non-hydrogen) atoms. The van der Waals surface area contributed by atoms with Crippen LogP contribution in [-0.4, -0.2) is 0 Å². The molecule has 0 unspecified atom stereocenters. The van der Waals surface area contributed by atoms with Gasteiger partial charge in [-0.05, 0) is 11.5 Å². The molecule has 13 heteroatoms. The third-order valence-electron chi connectivity index (χ3n) is 5.92. The van der Waals surface area contributed by atoms with Crippen molar-refractivity contribution in [2.45, 2.75) is 66.2 Å². The number of hydrogen-bond acceptors (Lipinski definition) is 2. The molecule has 0 fully saturated rings. The molecule has 244 valence electrons. The quantitative estimate of drug-likeness (QED) is 0.0862. The van der Waals surface area contributed by atoms with Crippen LogP contribution in [0.15, 0.2) is 36.4 Å². The molecule has 0 aliphatic heterocycles. The molecule has 0 saturated heterocycles. The molecule has 0 N–H and O–H groups in total. The SMILES string of the molecule is CCCCc1cc[c-](C)c1.CCCCc1cc[c-](C)c1.[O-]c1c(F)c(F)c(F)c(F)c1F.[O-]c1c(F)c(F)c(F)c(F)c1F.[Zr+4]. The van der Waals surface area contributed by atoms with Crippen molar-refractivity contribution in [3.8, 4) is 11.5 Å². The van der Waals surface area contributed by atoms with Crippen LogP contribution in [0.5, 0.6) is 11.5 Å². The van der Waals surface area contributed by atoms with Crippen molar-refractivity contribution in [1.82, 2.24) is 0 Å². The smallest absolute Gasteiger partial charge is 0.868 e. The van der Waals surface area contributed by atoms with Crippen LogP contribution in [0.1, 0.15) is 61.8 Å². The van der Waals surface area contributed by atoms with Crippen molar-refractivity contribution in [2.24, 2.45) is 0 Å². The second-order valence-corrected chi connectivity index (χ2v) is 9.60. The Morgan fingerprint density at radius 2 is 0.733 bits per heavy atom. The standard InChI is InChI=1S/2C10H15.2C6HF5O.Zr/c2*1-3-4-5-10-7-6-9(2)8-10;2*7-1-2(8)4(10)6(12)5(11)3(1)9;/h2*6-8H,3-5H2,1-2H3;2*12H;/q2*-1;;;+4/p-2. The fourth-order valence-electron chi connectivity index (χ4n) is 3.50. The number of unbranched alkanes of at least 4 members (excludes halogenated alkanes) is 2. The van der Waals surface area contributed by atoms with Crippen LogP contribution < -0.4 is 10.2 Å². The molecular weight excluding hydrogens is 698 g/mol. The van der Waals surface area contributed by atoms with Gasteiger partial charge < -0.3 is 10.2 Å². The van der Waals surface area contributed by atoms with Crippen LogP contribution in [0.25, 0.3) is 0 Å². The Labute approximate surface area is 274 Å². The van der Waals surface area contributed by atoms with E-state index < -0.39 is 69.7 Å². The maximum Gasteiger partial charge on any atom is 4.00 e. The van der Waals surface area contributed by atoms with E-state index in [0.717, 1.165) is 0 Å². The second kappa shape index (κ2) is 20.1. The molecule has 0 aliphatic carbocycles. The summed E-state index contributed by atoms with van der Waals surface area (Å²) in [4.78, 5) is 0. The molecule has 0 aromatic heterocycles. The summed E-state index contributed by atoms with van der Waals surface area (Å²) in [5.41, 5.74) is 5.79. The number of benzene rings is 2. The summed E-state index contributed by atoms with van der Waals surface area (Å²) in [5.74, 6) is -27.2. The van der Waals surface area contributed by atoms with Crippen LogP contribution in [-0.2, 0) is 39.0 Å². The minimum absolute atomic E-state index is 0. The third-order valence-corrected chi connectivity index (χ3v) is 5.92. The Morgan fingerprint density at radius 3 is 0.933 bits per heavy atom. The fraction of sp³-hybridized carbons (Fsp3) is 0.312. The van der Waals surface area contributed by atoms with Gasteiger partial charge in [0, 0.05) is 0 Å². The minimum Gasteiger partial charge on any atom is -0.868 e. The molecule has 0 spiro atoms. The number of halogens is 10. The van der Waals surface area contributed by atoms with Gasteiger partial charge in [-0.2, -0.15) is 46.5 Å². The van der Waals surface area contributed by atoms with Gasteiger partial charge in [-0.15, -0.1) is 0 Å². The van der Waals surface area contributed by atoms with E-state index in [9.17, 15) is 54.1 Å². The van der Waals surface area contributed by atoms with Crippen LogP contribution in [0.4, 0.5) is 43.9 Å². The third kappa shape index (κ3) is 12.3. The molecule has 0 saturated carbocycles. The van der Waals surface area contributed by atoms with Crippen LogP contribution >= 0.6 is 0 Å². The maximum absolute atomic E-state index is 12.1. The van der Waals surface area contributed by atoms with Gasteiger partial charge in [0.05, 0.1) is 0 Å². The monoisotopic (exact) mass is 726 g/mol. The first-order chi connectivity index (χ1) is 20.6. The average molecular weight is 728 g/mol. The molecule has 0 heterocycles. The van der Waals surface area contributed by atoms with Crippen molar-refractivity contribution < 1.29 is 80.3 Å². The Morgan fingerprint density at radius 1 is 0.489 bits per heavy atom. The summed E-state index contributed by atoms with van der Waals surface area (Å²) in [5, 5.41) is 20.3. The summed E-state index contributed by atoms with van der Waals surface area (Å²) in [6, 6.07) is 13.4. The van der Waals surface area contributed by atoms with Crippen LogP contribution in [0, 0.1) is 72.0 Å². The van der Waals surface area contributed by atoms with Gasteiger partial charge in [0.1, 0.15) is 0 Å². The van der Waals surface area contributed by atoms with Crippen molar-refractivity contribution in [3.05, 3.63) is 117 Å². The van der Waals surface area contributed by atoms with Gasteiger partial charge in [0.2, 0.25) is 0 Å². The predicted molar refractivity (Wildman–Crippen MR) is 142 cm³/mol. The summed E-state index contributed by atoms with van der Waals surface area (Å²) < 4.78 is 121. The first-order valence-electron chi connectivity index (χ1n) is 13.4. The van der Waals surface area contributed by atoms with E-state index in [0.29, 0.717) is 0 Å². The molecule has 0 bridgehead atoms. The van der Waals surface area contributed by atoms with Crippen molar-refractivity contribution in [3.63, 3.8) is 0 Å². The van der Waals surface area contributed by atoms with Gasteiger partial charge >= 0.3 is 26.2 Å². The first kappa shape index (κ1) is 41.9. The summed E-state index contributed by atoms with van der Waals surface area (Å²) >= 11 is 0. The van der Waals surface area contributed by atoms with Gasteiger partial charge in [-0.1, -0.05) is 66.2 Å². The van der Waals surface area contributed by atoms with E-state index in [1.165, 1.54) is 60.8 Å². The molecule has 4 rings (SSSR count). The zero-order valence-electron chi connectivity index (χ0n) is 24.8. The minimum atomic E-state index is -2.33. The average Bonchev–Trinajstić information content (AvgIpc) is 3.64. The normalized spacial score (nSPS) is 10.1. The van der Waals surface area contributed by atoms with Crippen molar-refractivity contribution in [2.75, 3.05) is 0 Å². The van der Waals surface area contributed by atoms with E-state index >= 15 is 0 Å². The van der Waals surface area contributed by atoms with Gasteiger partial charge in [0.25, 0.3) is 0 Å². The largest absolute Gasteiger partial charge is 4.00 e. The summed E-state index contributed by atoms with van der Waals surface area (Å²) in [6.07, 6.45) is 7.75. The Balaban J connectivity index is 0.000000571. The molecule has 0 amide bonds. The summed E-state index contributed by atoms with van der Waals surface area (Å²) in [7, 11) is 0. The van der Waals surface area contributed by atoms with Gasteiger partial charge in [0.15, 0.2) is 58.2 Å².